The second-order valence-electron chi connectivity index (χ2n) is 4.73. The molecule has 2 heterocycles. The van der Waals surface area contributed by atoms with E-state index in [0.29, 0.717) is 32.5 Å². The van der Waals surface area contributed by atoms with Crippen LogP contribution in [0.5, 0.6) is 0 Å². The summed E-state index contributed by atoms with van der Waals surface area (Å²) >= 11 is 0. The van der Waals surface area contributed by atoms with Gasteiger partial charge in [0.15, 0.2) is 0 Å². The van der Waals surface area contributed by atoms with Crippen molar-refractivity contribution in [2.45, 2.75) is 25.8 Å². The highest BCUT2D eigenvalue weighted by atomic mass is 16.6. The average molecular weight is 294 g/mol. The Hall–Kier alpha value is -2.38. The molecule has 1 aromatic rings. The minimum absolute atomic E-state index is 0.0367. The lowest BCUT2D eigenvalue weighted by molar-refractivity contribution is -0.384. The van der Waals surface area contributed by atoms with Crippen molar-refractivity contribution in [3.63, 3.8) is 0 Å². The van der Waals surface area contributed by atoms with Gasteiger partial charge in [0.05, 0.1) is 11.5 Å². The summed E-state index contributed by atoms with van der Waals surface area (Å²) in [5.74, 6) is 0.275. The summed E-state index contributed by atoms with van der Waals surface area (Å²) in [6.07, 6.45) is 2.61. The number of hydrogen-bond acceptors (Lipinski definition) is 6. The molecule has 21 heavy (non-hydrogen) atoms. The van der Waals surface area contributed by atoms with Gasteiger partial charge in [-0.25, -0.2) is 9.78 Å². The van der Waals surface area contributed by atoms with Crippen LogP contribution in [0.3, 0.4) is 0 Å². The van der Waals surface area contributed by atoms with Crippen molar-refractivity contribution in [3.8, 4) is 0 Å². The predicted octanol–water partition coefficient (Wildman–Crippen LogP) is 2.02. The Morgan fingerprint density at radius 1 is 1.57 bits per heavy atom. The van der Waals surface area contributed by atoms with Crippen LogP contribution in [0.2, 0.25) is 0 Å². The summed E-state index contributed by atoms with van der Waals surface area (Å²) in [7, 11) is 0. The van der Waals surface area contributed by atoms with E-state index in [9.17, 15) is 14.9 Å². The number of carbonyl (C=O) groups is 1. The van der Waals surface area contributed by atoms with E-state index in [0.717, 1.165) is 0 Å². The van der Waals surface area contributed by atoms with Gasteiger partial charge in [-0.05, 0) is 25.8 Å². The maximum absolute atomic E-state index is 11.6. The normalized spacial score (nSPS) is 15.6. The lowest BCUT2D eigenvalue weighted by Gasteiger charge is -2.31. The van der Waals surface area contributed by atoms with E-state index in [1.807, 2.05) is 0 Å². The third-order valence-electron chi connectivity index (χ3n) is 3.34. The zero-order valence-electron chi connectivity index (χ0n) is 11.8. The molecule has 8 heteroatoms. The van der Waals surface area contributed by atoms with Gasteiger partial charge in [-0.2, -0.15) is 0 Å². The fraction of sp³-hybridized carbons (Fsp3) is 0.538. The van der Waals surface area contributed by atoms with Crippen LogP contribution >= 0.6 is 0 Å². The van der Waals surface area contributed by atoms with E-state index >= 15 is 0 Å². The van der Waals surface area contributed by atoms with Gasteiger partial charge in [0, 0.05) is 31.4 Å². The van der Waals surface area contributed by atoms with E-state index in [1.54, 1.807) is 11.8 Å². The van der Waals surface area contributed by atoms with Gasteiger partial charge >= 0.3 is 11.8 Å². The van der Waals surface area contributed by atoms with Crippen molar-refractivity contribution in [1.29, 1.82) is 0 Å². The van der Waals surface area contributed by atoms with E-state index in [-0.39, 0.29) is 23.6 Å². The van der Waals surface area contributed by atoms with Crippen molar-refractivity contribution in [2.75, 3.05) is 25.0 Å². The molecule has 2 rings (SSSR count). The molecule has 1 aliphatic rings. The zero-order chi connectivity index (χ0) is 15.2. The molecule has 0 aliphatic carbocycles. The summed E-state index contributed by atoms with van der Waals surface area (Å²) in [6, 6.07) is 3.01. The molecule has 1 aromatic heterocycles. The fourth-order valence-electron chi connectivity index (χ4n) is 2.27. The van der Waals surface area contributed by atoms with Crippen LogP contribution in [0.25, 0.3) is 0 Å². The number of nitro groups is 1. The van der Waals surface area contributed by atoms with Crippen molar-refractivity contribution in [2.24, 2.45) is 0 Å². The van der Waals surface area contributed by atoms with Gasteiger partial charge in [0.25, 0.3) is 0 Å². The third kappa shape index (κ3) is 3.80. The number of amides is 1. The number of carbonyl (C=O) groups excluding carboxylic acids is 1. The maximum atomic E-state index is 11.6. The first-order valence-corrected chi connectivity index (χ1v) is 6.89. The first-order chi connectivity index (χ1) is 10.1. The molecule has 1 aliphatic heterocycles. The minimum atomic E-state index is -0.455. The number of hydrogen-bond donors (Lipinski definition) is 1. The number of rotatable bonds is 4. The topological polar surface area (TPSA) is 97.6 Å². The number of nitrogens with one attached hydrogen (secondary N) is 1. The number of piperidine rings is 1. The molecule has 0 unspecified atom stereocenters. The zero-order valence-corrected chi connectivity index (χ0v) is 11.8. The number of anilines is 1. The number of nitrogens with zero attached hydrogens (tertiary/aromatic N) is 3. The van der Waals surface area contributed by atoms with Gasteiger partial charge < -0.3 is 15.0 Å². The Balaban J connectivity index is 1.92. The molecular formula is C13H18N4O4. The molecule has 8 nitrogen and oxygen atoms in total. The molecular weight excluding hydrogens is 276 g/mol. The van der Waals surface area contributed by atoms with Gasteiger partial charge in [-0.15, -0.1) is 0 Å². The summed E-state index contributed by atoms with van der Waals surface area (Å²) in [5, 5.41) is 14.0. The summed E-state index contributed by atoms with van der Waals surface area (Å²) < 4.78 is 4.95. The largest absolute Gasteiger partial charge is 0.450 e. The van der Waals surface area contributed by atoms with E-state index in [4.69, 9.17) is 4.74 Å². The summed E-state index contributed by atoms with van der Waals surface area (Å²) in [4.78, 5) is 27.7. The smallest absolute Gasteiger partial charge is 0.409 e. The fourth-order valence-corrected chi connectivity index (χ4v) is 2.27. The standard InChI is InChI=1S/C13H18N4O4/c1-2-21-13(18)16-8-5-10(6-9-16)15-12-11(17(19)20)4-3-7-14-12/h3-4,7,10H,2,5-6,8-9H2,1H3,(H,14,15). The predicted molar refractivity (Wildman–Crippen MR) is 76.1 cm³/mol. The molecule has 0 radical (unpaired) electrons. The van der Waals surface area contributed by atoms with Gasteiger partial charge in [0.2, 0.25) is 5.82 Å². The van der Waals surface area contributed by atoms with Crippen LogP contribution in [0.4, 0.5) is 16.3 Å². The number of ether oxygens (including phenoxy) is 1. The molecule has 0 bridgehead atoms. The average Bonchev–Trinajstić information content (AvgIpc) is 2.48. The van der Waals surface area contributed by atoms with Gasteiger partial charge in [0.1, 0.15) is 0 Å². The van der Waals surface area contributed by atoms with E-state index in [2.05, 4.69) is 10.3 Å². The highest BCUT2D eigenvalue weighted by molar-refractivity contribution is 5.67. The lowest BCUT2D eigenvalue weighted by Crippen LogP contribution is -2.42. The monoisotopic (exact) mass is 294 g/mol. The highest BCUT2D eigenvalue weighted by Gasteiger charge is 2.25. The Kier molecular flexibility index (Phi) is 4.91. The first-order valence-electron chi connectivity index (χ1n) is 6.89. The minimum Gasteiger partial charge on any atom is -0.450 e. The Morgan fingerprint density at radius 2 is 2.29 bits per heavy atom. The second kappa shape index (κ2) is 6.87. The maximum Gasteiger partial charge on any atom is 0.409 e. The number of pyridine rings is 1. The van der Waals surface area contributed by atoms with Gasteiger partial charge in [-0.3, -0.25) is 10.1 Å². The highest BCUT2D eigenvalue weighted by Crippen LogP contribution is 2.23. The van der Waals surface area contributed by atoms with Crippen LogP contribution < -0.4 is 5.32 Å². The molecule has 1 fully saturated rings. The van der Waals surface area contributed by atoms with Crippen LogP contribution in [-0.4, -0.2) is 46.6 Å². The molecule has 114 valence electrons. The van der Waals surface area contributed by atoms with Crippen LogP contribution in [0.15, 0.2) is 18.3 Å². The second-order valence-corrected chi connectivity index (χ2v) is 4.73. The van der Waals surface area contributed by atoms with Crippen LogP contribution in [0.1, 0.15) is 19.8 Å². The molecule has 1 N–H and O–H groups in total. The lowest BCUT2D eigenvalue weighted by atomic mass is 10.1. The SMILES string of the molecule is CCOC(=O)N1CCC(Nc2ncccc2[N+](=O)[O-])CC1. The molecule has 0 aromatic carbocycles. The van der Waals surface area contributed by atoms with E-state index in [1.165, 1.54) is 18.3 Å². The molecule has 1 amide bonds. The van der Waals surface area contributed by atoms with Crippen molar-refractivity contribution in [3.05, 3.63) is 28.4 Å². The molecule has 0 saturated carbocycles. The van der Waals surface area contributed by atoms with Crippen LogP contribution in [0, 0.1) is 10.1 Å². The summed E-state index contributed by atoms with van der Waals surface area (Å²) in [6.45, 7) is 3.26. The third-order valence-corrected chi connectivity index (χ3v) is 3.34. The van der Waals surface area contributed by atoms with Crippen LogP contribution in [-0.2, 0) is 4.74 Å². The van der Waals surface area contributed by atoms with Crippen molar-refractivity contribution < 1.29 is 14.5 Å². The molecule has 0 atom stereocenters. The van der Waals surface area contributed by atoms with E-state index < -0.39 is 4.92 Å². The Bertz CT molecular complexity index is 515. The van der Waals surface area contributed by atoms with Crippen molar-refractivity contribution in [1.82, 2.24) is 9.88 Å². The Labute approximate surface area is 122 Å². The number of likely N-dealkylation sites (tertiary alicyclic amines) is 1. The van der Waals surface area contributed by atoms with Gasteiger partial charge in [-0.1, -0.05) is 0 Å². The quantitative estimate of drug-likeness (QED) is 0.674. The Morgan fingerprint density at radius 3 is 2.90 bits per heavy atom. The first kappa shape index (κ1) is 15.0. The molecule has 1 saturated heterocycles. The number of aromatic nitrogens is 1. The molecule has 0 spiro atoms. The summed E-state index contributed by atoms with van der Waals surface area (Å²) in [5.41, 5.74) is -0.0367. The van der Waals surface area contributed by atoms with Crippen molar-refractivity contribution >= 4 is 17.6 Å².